The van der Waals surface area contributed by atoms with E-state index >= 15 is 0 Å². The van der Waals surface area contributed by atoms with Crippen molar-refractivity contribution in [2.75, 3.05) is 18.5 Å². The quantitative estimate of drug-likeness (QED) is 0.343. The van der Waals surface area contributed by atoms with Gasteiger partial charge in [-0.2, -0.15) is 18.2 Å². The van der Waals surface area contributed by atoms with Gasteiger partial charge in [0.1, 0.15) is 12.2 Å². The van der Waals surface area contributed by atoms with Crippen LogP contribution in [0.15, 0.2) is 27.6 Å². The van der Waals surface area contributed by atoms with Crippen LogP contribution in [0.5, 0.6) is 0 Å². The second-order valence-electron chi connectivity index (χ2n) is 7.89. The molecule has 2 aliphatic rings. The van der Waals surface area contributed by atoms with E-state index in [-0.39, 0.29) is 46.3 Å². The first kappa shape index (κ1) is 23.3. The maximum absolute atomic E-state index is 14.3. The molecule has 0 bridgehead atoms. The highest BCUT2D eigenvalue weighted by atomic mass is 32.2. The Morgan fingerprint density at radius 3 is 2.85 bits per heavy atom. The van der Waals surface area contributed by atoms with Crippen molar-refractivity contribution in [1.82, 2.24) is 15.5 Å². The summed E-state index contributed by atoms with van der Waals surface area (Å²) in [5, 5.41) is 19.8. The third-order valence-corrected chi connectivity index (χ3v) is 7.75. The zero-order chi connectivity index (χ0) is 24.0. The van der Waals surface area contributed by atoms with Gasteiger partial charge in [-0.25, -0.2) is 4.39 Å². The molecule has 3 N–H and O–H groups in total. The van der Waals surface area contributed by atoms with Gasteiger partial charge in [0, 0.05) is 16.9 Å². The molecule has 0 unspecified atom stereocenters. The Hall–Kier alpha value is -2.42. The lowest BCUT2D eigenvalue weighted by molar-refractivity contribution is -0.119. The minimum atomic E-state index is -4.58. The summed E-state index contributed by atoms with van der Waals surface area (Å²) < 4.78 is 65.4. The lowest BCUT2D eigenvalue weighted by Crippen LogP contribution is -2.39. The number of carbonyl (C=O) groups excluding carboxylic acids is 1. The normalized spacial score (nSPS) is 25.6. The van der Waals surface area contributed by atoms with E-state index in [0.29, 0.717) is 28.8 Å². The van der Waals surface area contributed by atoms with Gasteiger partial charge >= 0.3 is 5.51 Å². The molecule has 14 heteroatoms. The molecule has 2 fully saturated rings. The van der Waals surface area contributed by atoms with Crippen LogP contribution >= 0.6 is 23.1 Å². The van der Waals surface area contributed by atoms with Crippen LogP contribution in [0.25, 0.3) is 20.8 Å². The number of amides is 1. The average Bonchev–Trinajstić information content (AvgIpc) is 3.46. The molecule has 1 aromatic carbocycles. The first-order valence-corrected chi connectivity index (χ1v) is 11.9. The molecular formula is C20H18F4N4O4S2. The Balaban J connectivity index is 1.56. The number of ether oxygens (including phenoxy) is 1. The molecule has 5 rings (SSSR count). The molecule has 2 aromatic heterocycles. The van der Waals surface area contributed by atoms with Crippen LogP contribution in [0, 0.1) is 0 Å². The Bertz CT molecular complexity index is 1220. The molecular weight excluding hydrogens is 500 g/mol. The van der Waals surface area contributed by atoms with Gasteiger partial charge < -0.3 is 25.0 Å². The molecule has 182 valence electrons. The fourth-order valence-corrected chi connectivity index (χ4v) is 6.06. The maximum atomic E-state index is 14.3. The first-order chi connectivity index (χ1) is 16.2. The van der Waals surface area contributed by atoms with Crippen molar-refractivity contribution in [3.63, 3.8) is 0 Å². The van der Waals surface area contributed by atoms with Gasteiger partial charge in [0.15, 0.2) is 0 Å². The van der Waals surface area contributed by atoms with Crippen LogP contribution in [0.1, 0.15) is 24.8 Å². The lowest BCUT2D eigenvalue weighted by atomic mass is 10.1. The highest BCUT2D eigenvalue weighted by molar-refractivity contribution is 8.00. The van der Waals surface area contributed by atoms with Crippen molar-refractivity contribution < 1.29 is 36.7 Å². The number of rotatable bonds is 5. The van der Waals surface area contributed by atoms with Gasteiger partial charge in [0.2, 0.25) is 11.7 Å². The van der Waals surface area contributed by atoms with Gasteiger partial charge in [0.25, 0.3) is 5.89 Å². The Labute approximate surface area is 198 Å². The molecule has 4 atom stereocenters. The summed E-state index contributed by atoms with van der Waals surface area (Å²) in [6.07, 6.45) is -2.06. The smallest absolute Gasteiger partial charge is 0.390 e. The second kappa shape index (κ2) is 8.98. The fraction of sp³-hybridized carbons (Fsp3) is 0.450. The number of benzene rings is 1. The SMILES string of the molecule is O=C1C[C@@H](O)[C@H](c2nc(-c3sc4c(N[C@@H]5CCOC[C@@H]5F)cccc4c3SC(F)(F)F)no2)N1. The maximum Gasteiger partial charge on any atom is 0.446 e. The number of halogens is 4. The number of aliphatic hydroxyl groups is 1. The van der Waals surface area contributed by atoms with E-state index in [4.69, 9.17) is 9.26 Å². The van der Waals surface area contributed by atoms with Gasteiger partial charge in [-0.3, -0.25) is 4.79 Å². The van der Waals surface area contributed by atoms with Crippen molar-refractivity contribution >= 4 is 44.8 Å². The molecule has 4 heterocycles. The van der Waals surface area contributed by atoms with Crippen LogP contribution < -0.4 is 10.6 Å². The van der Waals surface area contributed by atoms with E-state index in [1.165, 1.54) is 0 Å². The van der Waals surface area contributed by atoms with Crippen molar-refractivity contribution in [3.05, 3.63) is 24.1 Å². The molecule has 8 nitrogen and oxygen atoms in total. The number of hydrogen-bond donors (Lipinski definition) is 3. The fourth-order valence-electron chi connectivity index (χ4n) is 3.96. The number of nitrogens with one attached hydrogen (secondary N) is 2. The van der Waals surface area contributed by atoms with Gasteiger partial charge in [-0.05, 0) is 24.2 Å². The van der Waals surface area contributed by atoms with Gasteiger partial charge in [0.05, 0.1) is 40.4 Å². The molecule has 0 radical (unpaired) electrons. The van der Waals surface area contributed by atoms with Crippen molar-refractivity contribution in [1.29, 1.82) is 0 Å². The van der Waals surface area contributed by atoms with Crippen molar-refractivity contribution in [2.45, 2.75) is 47.6 Å². The zero-order valence-electron chi connectivity index (χ0n) is 17.3. The summed E-state index contributed by atoms with van der Waals surface area (Å²) in [5.74, 6) is -0.603. The zero-order valence-corrected chi connectivity index (χ0v) is 18.9. The molecule has 3 aromatic rings. The van der Waals surface area contributed by atoms with Gasteiger partial charge in [-0.1, -0.05) is 17.3 Å². The molecule has 2 saturated heterocycles. The van der Waals surface area contributed by atoms with E-state index in [1.807, 2.05) is 0 Å². The summed E-state index contributed by atoms with van der Waals surface area (Å²) in [7, 11) is 0. The van der Waals surface area contributed by atoms with E-state index in [2.05, 4.69) is 20.8 Å². The molecule has 0 aliphatic carbocycles. The minimum Gasteiger partial charge on any atom is -0.390 e. The third kappa shape index (κ3) is 4.59. The number of thioether (sulfide) groups is 1. The van der Waals surface area contributed by atoms with E-state index in [1.54, 1.807) is 18.2 Å². The number of fused-ring (bicyclic) bond motifs is 1. The predicted octanol–water partition coefficient (Wildman–Crippen LogP) is 4.02. The van der Waals surface area contributed by atoms with Crippen LogP contribution in [-0.4, -0.2) is 58.2 Å². The summed E-state index contributed by atoms with van der Waals surface area (Å²) in [4.78, 5) is 15.7. The minimum absolute atomic E-state index is 0.0479. The Kier molecular flexibility index (Phi) is 6.16. The van der Waals surface area contributed by atoms with Crippen LogP contribution in [0.4, 0.5) is 23.2 Å². The number of alkyl halides is 4. The summed E-state index contributed by atoms with van der Waals surface area (Å²) in [6, 6.07) is 3.36. The monoisotopic (exact) mass is 518 g/mol. The molecule has 0 saturated carbocycles. The summed E-state index contributed by atoms with van der Waals surface area (Å²) in [5.41, 5.74) is -4.09. The Morgan fingerprint density at radius 2 is 2.15 bits per heavy atom. The number of nitrogens with zero attached hydrogens (tertiary/aromatic N) is 2. The van der Waals surface area contributed by atoms with Gasteiger partial charge in [-0.15, -0.1) is 11.3 Å². The number of thiophene rings is 1. The molecule has 0 spiro atoms. The lowest BCUT2D eigenvalue weighted by Gasteiger charge is -2.27. The van der Waals surface area contributed by atoms with Crippen LogP contribution in [0.3, 0.4) is 0 Å². The number of anilines is 1. The predicted molar refractivity (Wildman–Crippen MR) is 116 cm³/mol. The molecule has 2 aliphatic heterocycles. The number of hydrogen-bond acceptors (Lipinski definition) is 9. The van der Waals surface area contributed by atoms with Crippen molar-refractivity contribution in [2.24, 2.45) is 0 Å². The molecule has 34 heavy (non-hydrogen) atoms. The first-order valence-electron chi connectivity index (χ1n) is 10.3. The second-order valence-corrected chi connectivity index (χ2v) is 9.99. The van der Waals surface area contributed by atoms with Crippen molar-refractivity contribution in [3.8, 4) is 10.7 Å². The highest BCUT2D eigenvalue weighted by Gasteiger charge is 2.38. The number of carbonyl (C=O) groups is 1. The highest BCUT2D eigenvalue weighted by Crippen LogP contribution is 2.50. The summed E-state index contributed by atoms with van der Waals surface area (Å²) in [6.45, 7) is 0.335. The number of aromatic nitrogens is 2. The van der Waals surface area contributed by atoms with Crippen LogP contribution in [-0.2, 0) is 9.53 Å². The third-order valence-electron chi connectivity index (χ3n) is 5.52. The van der Waals surface area contributed by atoms with E-state index in [0.717, 1.165) is 11.3 Å². The average molecular weight is 519 g/mol. The van der Waals surface area contributed by atoms with Crippen LogP contribution in [0.2, 0.25) is 0 Å². The standard InChI is InChI=1S/C20H18F4N4O4S2/c21-9-7-31-5-4-10(9)25-11-3-1-2-8-15(11)33-17(16(8)34-20(22,23)24)18-27-19(32-28-18)14-12(29)6-13(30)26-14/h1-3,9-10,12,14,25,29H,4-7H2,(H,26,30)/t9-,10+,12+,14+/m0/s1. The Morgan fingerprint density at radius 1 is 1.32 bits per heavy atom. The number of aliphatic hydroxyl groups excluding tert-OH is 1. The molecule has 1 amide bonds. The van der Waals surface area contributed by atoms with E-state index < -0.39 is 35.8 Å². The summed E-state index contributed by atoms with van der Waals surface area (Å²) >= 11 is 0.723. The topological polar surface area (TPSA) is 110 Å². The largest absolute Gasteiger partial charge is 0.446 e. The van der Waals surface area contributed by atoms with E-state index in [9.17, 15) is 27.5 Å².